The lowest BCUT2D eigenvalue weighted by Gasteiger charge is -2.30. The zero-order valence-corrected chi connectivity index (χ0v) is 18.1. The van der Waals surface area contributed by atoms with Crippen LogP contribution < -0.4 is 5.56 Å². The van der Waals surface area contributed by atoms with Crippen LogP contribution in [0.15, 0.2) is 53.3 Å². The minimum Gasteiger partial charge on any atom is -0.338 e. The molecule has 1 atom stereocenters. The molecule has 0 spiro atoms. The number of fused-ring (bicyclic) bond motifs is 1. The molecule has 6 heteroatoms. The topological polar surface area (TPSA) is 55.2 Å². The summed E-state index contributed by atoms with van der Waals surface area (Å²) in [6.45, 7) is 6.98. The van der Waals surface area contributed by atoms with E-state index >= 15 is 0 Å². The van der Waals surface area contributed by atoms with Crippen LogP contribution in [0.3, 0.4) is 0 Å². The lowest BCUT2D eigenvalue weighted by molar-refractivity contribution is -0.132. The molecule has 2 heterocycles. The van der Waals surface area contributed by atoms with E-state index in [-0.39, 0.29) is 17.4 Å². The molecule has 1 unspecified atom stereocenters. The van der Waals surface area contributed by atoms with Gasteiger partial charge < -0.3 is 9.47 Å². The second kappa shape index (κ2) is 8.07. The molecule has 0 saturated heterocycles. The van der Waals surface area contributed by atoms with Crippen LogP contribution in [-0.4, -0.2) is 33.4 Å². The number of hydrogen-bond donors (Lipinski definition) is 0. The van der Waals surface area contributed by atoms with Crippen LogP contribution in [0, 0.1) is 13.8 Å². The largest absolute Gasteiger partial charge is 0.338 e. The summed E-state index contributed by atoms with van der Waals surface area (Å²) in [5, 5.41) is 1.01. The number of carbonyl (C=O) groups excluding carboxylic acids is 1. The maximum absolute atomic E-state index is 13.0. The first-order chi connectivity index (χ1) is 14.3. The second-order valence-corrected chi connectivity index (χ2v) is 8.26. The Labute approximate surface area is 180 Å². The van der Waals surface area contributed by atoms with E-state index in [9.17, 15) is 9.59 Å². The van der Waals surface area contributed by atoms with Gasteiger partial charge in [0.1, 0.15) is 5.82 Å². The van der Waals surface area contributed by atoms with Gasteiger partial charge in [-0.3, -0.25) is 9.59 Å². The number of aryl methyl sites for hydroxylation is 2. The Morgan fingerprint density at radius 3 is 2.53 bits per heavy atom. The van der Waals surface area contributed by atoms with Crippen molar-refractivity contribution in [2.24, 2.45) is 0 Å². The number of hydrogen-bond acceptors (Lipinski definition) is 3. The molecule has 4 rings (SSSR count). The molecule has 1 aromatic heterocycles. The van der Waals surface area contributed by atoms with Gasteiger partial charge in [-0.25, -0.2) is 0 Å². The average Bonchev–Trinajstić information content (AvgIpc) is 2.74. The Morgan fingerprint density at radius 2 is 1.87 bits per heavy atom. The van der Waals surface area contributed by atoms with E-state index in [1.54, 1.807) is 12.1 Å². The highest BCUT2D eigenvalue weighted by molar-refractivity contribution is 6.31. The number of amides is 1. The summed E-state index contributed by atoms with van der Waals surface area (Å²) in [4.78, 5) is 31.4. The van der Waals surface area contributed by atoms with Crippen LogP contribution in [0.5, 0.6) is 0 Å². The van der Waals surface area contributed by atoms with Gasteiger partial charge in [0.25, 0.3) is 5.56 Å². The molecule has 0 aliphatic carbocycles. The van der Waals surface area contributed by atoms with E-state index in [1.807, 2.05) is 60.6 Å². The summed E-state index contributed by atoms with van der Waals surface area (Å²) in [6, 6.07) is 13.4. The van der Waals surface area contributed by atoms with Crippen LogP contribution in [0.4, 0.5) is 0 Å². The van der Waals surface area contributed by atoms with Crippen molar-refractivity contribution in [1.82, 2.24) is 14.5 Å². The summed E-state index contributed by atoms with van der Waals surface area (Å²) in [7, 11) is 0. The first-order valence-corrected chi connectivity index (χ1v) is 10.5. The number of benzene rings is 2. The molecule has 1 aliphatic heterocycles. The van der Waals surface area contributed by atoms with E-state index in [0.717, 1.165) is 16.8 Å². The normalized spacial score (nSPS) is 15.2. The fraction of sp³-hybridized carbons (Fsp3) is 0.292. The highest BCUT2D eigenvalue weighted by Crippen LogP contribution is 2.26. The molecule has 154 valence electrons. The number of aromatic nitrogens is 2. The lowest BCUT2D eigenvalue weighted by atomic mass is 9.98. The van der Waals surface area contributed by atoms with Gasteiger partial charge in [-0.2, -0.15) is 4.98 Å². The van der Waals surface area contributed by atoms with Crippen LogP contribution in [0.25, 0.3) is 16.6 Å². The Balaban J connectivity index is 1.61. The number of carbonyl (C=O) groups is 1. The first kappa shape index (κ1) is 20.4. The molecule has 0 radical (unpaired) electrons. The summed E-state index contributed by atoms with van der Waals surface area (Å²) < 4.78 is 2.00. The van der Waals surface area contributed by atoms with Crippen molar-refractivity contribution in [2.75, 3.05) is 13.1 Å². The van der Waals surface area contributed by atoms with Crippen molar-refractivity contribution in [3.63, 3.8) is 0 Å². The van der Waals surface area contributed by atoms with Gasteiger partial charge in [-0.15, -0.1) is 0 Å². The molecule has 3 aromatic rings. The average molecular weight is 422 g/mol. The third-order valence-electron chi connectivity index (χ3n) is 5.75. The number of halogens is 1. The quantitative estimate of drug-likeness (QED) is 0.623. The predicted molar refractivity (Wildman–Crippen MR) is 121 cm³/mol. The molecular weight excluding hydrogens is 398 g/mol. The Morgan fingerprint density at radius 1 is 1.13 bits per heavy atom. The third-order valence-corrected chi connectivity index (χ3v) is 5.98. The van der Waals surface area contributed by atoms with Crippen molar-refractivity contribution < 1.29 is 4.79 Å². The zero-order chi connectivity index (χ0) is 21.4. The molecule has 5 nitrogen and oxygen atoms in total. The van der Waals surface area contributed by atoms with Gasteiger partial charge in [0.2, 0.25) is 5.91 Å². The van der Waals surface area contributed by atoms with E-state index < -0.39 is 0 Å². The predicted octanol–water partition coefficient (Wildman–Crippen LogP) is 4.54. The molecule has 1 amide bonds. The minimum atomic E-state index is -0.276. The van der Waals surface area contributed by atoms with E-state index in [0.29, 0.717) is 35.7 Å². The van der Waals surface area contributed by atoms with Crippen LogP contribution in [0.2, 0.25) is 5.02 Å². The summed E-state index contributed by atoms with van der Waals surface area (Å²) in [5.41, 5.74) is 3.77. The van der Waals surface area contributed by atoms with E-state index in [1.165, 1.54) is 5.56 Å². The second-order valence-electron chi connectivity index (χ2n) is 7.82. The summed E-state index contributed by atoms with van der Waals surface area (Å²) in [5.74, 6) is 0.578. The lowest BCUT2D eigenvalue weighted by Crippen LogP contribution is -2.38. The number of rotatable bonds is 3. The van der Waals surface area contributed by atoms with Crippen molar-refractivity contribution in [3.05, 3.63) is 80.9 Å². The maximum atomic E-state index is 13.0. The van der Waals surface area contributed by atoms with Gasteiger partial charge in [0.05, 0.1) is 16.8 Å². The van der Waals surface area contributed by atoms with Crippen molar-refractivity contribution in [1.29, 1.82) is 0 Å². The molecule has 1 aliphatic rings. The third kappa shape index (κ3) is 3.77. The van der Waals surface area contributed by atoms with Crippen LogP contribution >= 0.6 is 11.6 Å². The molecule has 2 aromatic carbocycles. The smallest absolute Gasteiger partial charge is 0.280 e. The van der Waals surface area contributed by atoms with Crippen LogP contribution in [-0.2, 0) is 4.79 Å². The number of nitrogens with zero attached hydrogens (tertiary/aromatic N) is 3. The standard InChI is InChI=1S/C24H24ClN3O2/c1-15-4-6-18(7-5-15)16(2)24(30)27-12-10-20(11-13-27)28-17(3)26-23(29)21-14-19(25)8-9-22(21)28/h4-10,14,16H,11-13H2,1-3H3. The van der Waals surface area contributed by atoms with Crippen LogP contribution in [0.1, 0.15) is 36.2 Å². The zero-order valence-electron chi connectivity index (χ0n) is 17.4. The van der Waals surface area contributed by atoms with Crippen molar-refractivity contribution in [2.45, 2.75) is 33.1 Å². The van der Waals surface area contributed by atoms with Gasteiger partial charge in [0.15, 0.2) is 0 Å². The summed E-state index contributed by atoms with van der Waals surface area (Å²) >= 11 is 6.08. The van der Waals surface area contributed by atoms with Gasteiger partial charge in [-0.1, -0.05) is 41.4 Å². The molecule has 0 saturated carbocycles. The fourth-order valence-corrected chi connectivity index (χ4v) is 4.17. The van der Waals surface area contributed by atoms with Gasteiger partial charge >= 0.3 is 0 Å². The Hall–Kier alpha value is -2.92. The minimum absolute atomic E-state index is 0.126. The summed E-state index contributed by atoms with van der Waals surface area (Å²) in [6.07, 6.45) is 2.74. The molecule has 30 heavy (non-hydrogen) atoms. The Bertz CT molecular complexity index is 1210. The van der Waals surface area contributed by atoms with Crippen molar-refractivity contribution in [3.8, 4) is 0 Å². The molecule has 0 N–H and O–H groups in total. The van der Waals surface area contributed by atoms with Gasteiger partial charge in [0, 0.05) is 30.2 Å². The first-order valence-electron chi connectivity index (χ1n) is 10.1. The molecule has 0 fully saturated rings. The molecule has 0 bridgehead atoms. The highest BCUT2D eigenvalue weighted by atomic mass is 35.5. The fourth-order valence-electron chi connectivity index (χ4n) is 4.00. The SMILES string of the molecule is Cc1ccc(C(C)C(=O)N2CC=C(n3c(C)nc(=O)c4cc(Cl)ccc43)CC2)cc1. The monoisotopic (exact) mass is 421 g/mol. The molecular formula is C24H24ClN3O2. The maximum Gasteiger partial charge on any atom is 0.280 e. The van der Waals surface area contributed by atoms with Gasteiger partial charge in [-0.05, 0) is 50.6 Å². The van der Waals surface area contributed by atoms with E-state index in [2.05, 4.69) is 11.1 Å². The van der Waals surface area contributed by atoms with E-state index in [4.69, 9.17) is 11.6 Å². The van der Waals surface area contributed by atoms with Crippen molar-refractivity contribution >= 4 is 34.1 Å². The highest BCUT2D eigenvalue weighted by Gasteiger charge is 2.24. The Kier molecular flexibility index (Phi) is 5.48.